The Balaban J connectivity index is 1.52. The van der Waals surface area contributed by atoms with E-state index in [-0.39, 0.29) is 48.8 Å². The summed E-state index contributed by atoms with van der Waals surface area (Å²) in [5.74, 6) is -0.239. The number of rotatable bonds is 5. The molecule has 11 heteroatoms. The Kier molecular flexibility index (Phi) is 4.73. The summed E-state index contributed by atoms with van der Waals surface area (Å²) in [6, 6.07) is 6.01. The Hall–Kier alpha value is -1.95. The number of amides is 1. The molecule has 0 spiro atoms. The maximum Gasteiger partial charge on any atom is 0.289 e. The van der Waals surface area contributed by atoms with Gasteiger partial charge in [0.1, 0.15) is 5.58 Å². The van der Waals surface area contributed by atoms with Crippen molar-refractivity contribution in [2.24, 2.45) is 0 Å². The van der Waals surface area contributed by atoms with Gasteiger partial charge in [0.25, 0.3) is 5.91 Å². The Morgan fingerprint density at radius 1 is 1.07 bits per heavy atom. The third-order valence-electron chi connectivity index (χ3n) is 4.90. The predicted molar refractivity (Wildman–Crippen MR) is 102 cm³/mol. The number of sulfonamides is 2. The van der Waals surface area contributed by atoms with Crippen LogP contribution < -0.4 is 4.72 Å². The Morgan fingerprint density at radius 3 is 2.36 bits per heavy atom. The normalized spacial score (nSPS) is 19.2. The van der Waals surface area contributed by atoms with Crippen LogP contribution in [0.25, 0.3) is 11.0 Å². The van der Waals surface area contributed by atoms with Crippen LogP contribution in [0.5, 0.6) is 0 Å². The first-order valence-corrected chi connectivity index (χ1v) is 12.3. The second-order valence-electron chi connectivity index (χ2n) is 7.16. The van der Waals surface area contributed by atoms with E-state index in [1.807, 2.05) is 0 Å². The van der Waals surface area contributed by atoms with Crippen LogP contribution in [0.4, 0.5) is 0 Å². The molecule has 1 saturated carbocycles. The largest absolute Gasteiger partial charge is 0.451 e. The van der Waals surface area contributed by atoms with Crippen molar-refractivity contribution in [3.05, 3.63) is 30.0 Å². The molecule has 28 heavy (non-hydrogen) atoms. The number of carbonyl (C=O) groups is 1. The van der Waals surface area contributed by atoms with Gasteiger partial charge in [0.05, 0.1) is 11.2 Å². The number of benzene rings is 1. The number of carbonyl (C=O) groups excluding carboxylic acids is 1. The number of furan rings is 1. The van der Waals surface area contributed by atoms with Gasteiger partial charge in [-0.3, -0.25) is 4.79 Å². The summed E-state index contributed by atoms with van der Waals surface area (Å²) in [6.07, 6.45) is 2.84. The lowest BCUT2D eigenvalue weighted by Crippen LogP contribution is -2.50. The van der Waals surface area contributed by atoms with Gasteiger partial charge < -0.3 is 9.32 Å². The van der Waals surface area contributed by atoms with Crippen molar-refractivity contribution in [3.63, 3.8) is 0 Å². The molecule has 1 N–H and O–H groups in total. The number of hydrogen-bond acceptors (Lipinski definition) is 6. The molecule has 0 unspecified atom stereocenters. The highest BCUT2D eigenvalue weighted by Gasteiger charge is 2.30. The predicted octanol–water partition coefficient (Wildman–Crippen LogP) is 0.591. The van der Waals surface area contributed by atoms with Crippen LogP contribution in [0.1, 0.15) is 23.4 Å². The third-order valence-corrected chi connectivity index (χ3v) is 7.72. The van der Waals surface area contributed by atoms with E-state index in [0.29, 0.717) is 11.0 Å². The first-order valence-electron chi connectivity index (χ1n) is 8.94. The van der Waals surface area contributed by atoms with E-state index in [2.05, 4.69) is 4.72 Å². The molecule has 0 bridgehead atoms. The fraction of sp³-hybridized carbons (Fsp3) is 0.471. The lowest BCUT2D eigenvalue weighted by atomic mass is 10.2. The van der Waals surface area contributed by atoms with Crippen LogP contribution in [-0.2, 0) is 20.0 Å². The maximum absolute atomic E-state index is 12.7. The van der Waals surface area contributed by atoms with Gasteiger partial charge >= 0.3 is 0 Å². The summed E-state index contributed by atoms with van der Waals surface area (Å²) < 4.78 is 57.4. The van der Waals surface area contributed by atoms with Crippen molar-refractivity contribution in [1.29, 1.82) is 0 Å². The number of piperazine rings is 1. The Bertz CT molecular complexity index is 1130. The zero-order chi connectivity index (χ0) is 20.1. The molecule has 2 aliphatic rings. The van der Waals surface area contributed by atoms with Crippen molar-refractivity contribution in [2.75, 3.05) is 32.4 Å². The highest BCUT2D eigenvalue weighted by molar-refractivity contribution is 7.89. The molecule has 2 aromatic rings. The summed E-state index contributed by atoms with van der Waals surface area (Å²) in [5, 5.41) is 0.525. The summed E-state index contributed by atoms with van der Waals surface area (Å²) in [5.41, 5.74) is 0.420. The van der Waals surface area contributed by atoms with Crippen molar-refractivity contribution >= 4 is 36.9 Å². The van der Waals surface area contributed by atoms with E-state index in [4.69, 9.17) is 4.42 Å². The minimum Gasteiger partial charge on any atom is -0.451 e. The lowest BCUT2D eigenvalue weighted by Gasteiger charge is -2.32. The van der Waals surface area contributed by atoms with Gasteiger partial charge in [0, 0.05) is 37.6 Å². The SMILES string of the molecule is CS(=O)(=O)N1CCN(C(=O)c2cc3cc(S(=O)(=O)NC4CC4)ccc3o2)CC1. The van der Waals surface area contributed by atoms with E-state index < -0.39 is 20.0 Å². The van der Waals surface area contributed by atoms with Gasteiger partial charge in [-0.1, -0.05) is 0 Å². The molecule has 9 nitrogen and oxygen atoms in total. The van der Waals surface area contributed by atoms with Gasteiger partial charge in [-0.15, -0.1) is 0 Å². The minimum atomic E-state index is -3.59. The number of nitrogens with zero attached hydrogens (tertiary/aromatic N) is 2. The molecule has 0 atom stereocenters. The number of fused-ring (bicyclic) bond motifs is 1. The monoisotopic (exact) mass is 427 g/mol. The molecule has 4 rings (SSSR count). The average Bonchev–Trinajstić information content (AvgIpc) is 3.33. The van der Waals surface area contributed by atoms with Crippen LogP contribution in [0, 0.1) is 0 Å². The van der Waals surface area contributed by atoms with Gasteiger partial charge in [-0.05, 0) is 37.1 Å². The minimum absolute atomic E-state index is 0.00721. The first-order chi connectivity index (χ1) is 13.1. The molecular formula is C17H21N3O6S2. The molecule has 2 heterocycles. The molecular weight excluding hydrogens is 406 g/mol. The van der Waals surface area contributed by atoms with Gasteiger partial charge in [0.2, 0.25) is 20.0 Å². The molecule has 1 aliphatic carbocycles. The highest BCUT2D eigenvalue weighted by atomic mass is 32.2. The van der Waals surface area contributed by atoms with E-state index in [0.717, 1.165) is 19.1 Å². The highest BCUT2D eigenvalue weighted by Crippen LogP contribution is 2.26. The van der Waals surface area contributed by atoms with Crippen LogP contribution in [0.2, 0.25) is 0 Å². The standard InChI is InChI=1S/C17H21N3O6S2/c1-27(22,23)20-8-6-19(7-9-20)17(21)16-11-12-10-14(4-5-15(12)26-16)28(24,25)18-13-2-3-13/h4-5,10-11,13,18H,2-3,6-9H2,1H3. The van der Waals surface area contributed by atoms with Crippen molar-refractivity contribution < 1.29 is 26.0 Å². The van der Waals surface area contributed by atoms with Gasteiger partial charge in [0.15, 0.2) is 5.76 Å². The first kappa shape index (κ1) is 19.4. The van der Waals surface area contributed by atoms with E-state index in [9.17, 15) is 21.6 Å². The topological polar surface area (TPSA) is 117 Å². The number of hydrogen-bond donors (Lipinski definition) is 1. The summed E-state index contributed by atoms with van der Waals surface area (Å²) in [7, 11) is -6.86. The zero-order valence-corrected chi connectivity index (χ0v) is 16.9. The molecule has 2 fully saturated rings. The van der Waals surface area contributed by atoms with E-state index in [1.54, 1.807) is 0 Å². The van der Waals surface area contributed by atoms with Crippen molar-refractivity contribution in [1.82, 2.24) is 13.9 Å². The Labute approximate surface area is 163 Å². The summed E-state index contributed by atoms with van der Waals surface area (Å²) in [4.78, 5) is 14.4. The molecule has 1 aliphatic heterocycles. The van der Waals surface area contributed by atoms with Crippen LogP contribution >= 0.6 is 0 Å². The fourth-order valence-electron chi connectivity index (χ4n) is 3.16. The van der Waals surface area contributed by atoms with Gasteiger partial charge in [-0.25, -0.2) is 21.6 Å². The van der Waals surface area contributed by atoms with E-state index >= 15 is 0 Å². The lowest BCUT2D eigenvalue weighted by molar-refractivity contribution is 0.0668. The second-order valence-corrected chi connectivity index (χ2v) is 10.9. The van der Waals surface area contributed by atoms with Crippen molar-refractivity contribution in [3.8, 4) is 0 Å². The second kappa shape index (κ2) is 6.83. The molecule has 1 aromatic carbocycles. The van der Waals surface area contributed by atoms with Crippen molar-refractivity contribution in [2.45, 2.75) is 23.8 Å². The van der Waals surface area contributed by atoms with Crippen LogP contribution in [-0.4, -0.2) is 70.4 Å². The molecule has 0 radical (unpaired) electrons. The maximum atomic E-state index is 12.7. The quantitative estimate of drug-likeness (QED) is 0.746. The van der Waals surface area contributed by atoms with Crippen LogP contribution in [0.3, 0.4) is 0 Å². The molecule has 1 saturated heterocycles. The molecule has 152 valence electrons. The molecule has 1 aromatic heterocycles. The Morgan fingerprint density at radius 2 is 1.75 bits per heavy atom. The fourth-order valence-corrected chi connectivity index (χ4v) is 5.33. The smallest absolute Gasteiger partial charge is 0.289 e. The zero-order valence-electron chi connectivity index (χ0n) is 15.3. The van der Waals surface area contributed by atoms with Crippen LogP contribution in [0.15, 0.2) is 33.6 Å². The third kappa shape index (κ3) is 3.93. The van der Waals surface area contributed by atoms with Gasteiger partial charge in [-0.2, -0.15) is 4.31 Å². The number of nitrogens with one attached hydrogen (secondary N) is 1. The van der Waals surface area contributed by atoms with E-state index in [1.165, 1.54) is 33.5 Å². The molecule has 1 amide bonds. The summed E-state index contributed by atoms with van der Waals surface area (Å²) in [6.45, 7) is 1.02. The average molecular weight is 428 g/mol. The summed E-state index contributed by atoms with van der Waals surface area (Å²) >= 11 is 0.